The lowest BCUT2D eigenvalue weighted by Gasteiger charge is -2.30. The van der Waals surface area contributed by atoms with Crippen molar-refractivity contribution in [3.8, 4) is 0 Å². The summed E-state index contributed by atoms with van der Waals surface area (Å²) in [5.41, 5.74) is -1.03. The lowest BCUT2D eigenvalue weighted by Crippen LogP contribution is -2.49. The molecule has 0 bridgehead atoms. The highest BCUT2D eigenvalue weighted by atomic mass is 19.3. The summed E-state index contributed by atoms with van der Waals surface area (Å²) in [4.78, 5) is 11.9. The highest BCUT2D eigenvalue weighted by molar-refractivity contribution is 5.78. The van der Waals surface area contributed by atoms with Crippen LogP contribution in [0.1, 0.15) is 39.0 Å². The van der Waals surface area contributed by atoms with E-state index in [1.165, 1.54) is 0 Å². The van der Waals surface area contributed by atoms with Gasteiger partial charge in [-0.3, -0.25) is 4.79 Å². The first-order chi connectivity index (χ1) is 8.82. The molecule has 110 valence electrons. The molecule has 1 saturated heterocycles. The molecule has 1 aliphatic carbocycles. The molecule has 2 N–H and O–H groups in total. The van der Waals surface area contributed by atoms with E-state index in [-0.39, 0.29) is 50.2 Å². The third-order valence-corrected chi connectivity index (χ3v) is 4.32. The highest BCUT2D eigenvalue weighted by Gasteiger charge is 2.41. The molecule has 1 saturated carbocycles. The Balaban J connectivity index is 1.79. The molecule has 2 unspecified atom stereocenters. The Morgan fingerprint density at radius 3 is 2.53 bits per heavy atom. The molecule has 4 nitrogen and oxygen atoms in total. The summed E-state index contributed by atoms with van der Waals surface area (Å²) < 4.78 is 31.3. The van der Waals surface area contributed by atoms with Gasteiger partial charge in [-0.15, -0.1) is 0 Å². The van der Waals surface area contributed by atoms with Crippen LogP contribution in [0.5, 0.6) is 0 Å². The van der Waals surface area contributed by atoms with Gasteiger partial charge in [0.2, 0.25) is 11.8 Å². The number of halogens is 2. The molecule has 0 spiro atoms. The van der Waals surface area contributed by atoms with Crippen molar-refractivity contribution in [2.75, 3.05) is 13.2 Å². The van der Waals surface area contributed by atoms with E-state index in [0.717, 1.165) is 0 Å². The summed E-state index contributed by atoms with van der Waals surface area (Å²) in [6, 6.07) is 0. The van der Waals surface area contributed by atoms with Gasteiger partial charge in [-0.2, -0.15) is 0 Å². The SMILES string of the molecule is CC1OCCC1(O)CNC(=O)C1CCC(F)(F)CC1. The maximum absolute atomic E-state index is 13.0. The molecule has 6 heteroatoms. The molecule has 0 aromatic carbocycles. The van der Waals surface area contributed by atoms with E-state index >= 15 is 0 Å². The van der Waals surface area contributed by atoms with Gasteiger partial charge in [-0.25, -0.2) is 8.78 Å². The number of rotatable bonds is 3. The first-order valence-electron chi connectivity index (χ1n) is 6.82. The summed E-state index contributed by atoms with van der Waals surface area (Å²) in [6.45, 7) is 2.36. The quantitative estimate of drug-likeness (QED) is 0.821. The van der Waals surface area contributed by atoms with Crippen LogP contribution in [-0.2, 0) is 9.53 Å². The van der Waals surface area contributed by atoms with Crippen LogP contribution in [0, 0.1) is 5.92 Å². The van der Waals surface area contributed by atoms with Crippen molar-refractivity contribution in [2.24, 2.45) is 5.92 Å². The van der Waals surface area contributed by atoms with E-state index in [1.807, 2.05) is 0 Å². The van der Waals surface area contributed by atoms with Gasteiger partial charge in [-0.05, 0) is 19.8 Å². The Labute approximate surface area is 111 Å². The fourth-order valence-electron chi connectivity index (χ4n) is 2.69. The van der Waals surface area contributed by atoms with Crippen molar-refractivity contribution >= 4 is 5.91 Å². The molecule has 0 radical (unpaired) electrons. The maximum Gasteiger partial charge on any atom is 0.248 e. The number of ether oxygens (including phenoxy) is 1. The fraction of sp³-hybridized carbons (Fsp3) is 0.923. The minimum Gasteiger partial charge on any atom is -0.385 e. The summed E-state index contributed by atoms with van der Waals surface area (Å²) in [7, 11) is 0. The van der Waals surface area contributed by atoms with Crippen molar-refractivity contribution in [1.82, 2.24) is 5.32 Å². The minimum atomic E-state index is -2.62. The largest absolute Gasteiger partial charge is 0.385 e. The van der Waals surface area contributed by atoms with Crippen LogP contribution < -0.4 is 5.32 Å². The van der Waals surface area contributed by atoms with Gasteiger partial charge < -0.3 is 15.2 Å². The molecule has 1 aliphatic heterocycles. The summed E-state index contributed by atoms with van der Waals surface area (Å²) in [6.07, 6.45) is 0.136. The van der Waals surface area contributed by atoms with E-state index in [1.54, 1.807) is 6.92 Å². The number of hydrogen-bond donors (Lipinski definition) is 2. The lowest BCUT2D eigenvalue weighted by atomic mass is 9.86. The van der Waals surface area contributed by atoms with Crippen LogP contribution in [0.4, 0.5) is 8.78 Å². The van der Waals surface area contributed by atoms with Crippen LogP contribution in [0.25, 0.3) is 0 Å². The fourth-order valence-corrected chi connectivity index (χ4v) is 2.69. The lowest BCUT2D eigenvalue weighted by molar-refractivity contribution is -0.130. The van der Waals surface area contributed by atoms with Crippen LogP contribution in [0.15, 0.2) is 0 Å². The van der Waals surface area contributed by atoms with Gasteiger partial charge in [0.15, 0.2) is 0 Å². The molecule has 2 rings (SSSR count). The summed E-state index contributed by atoms with van der Waals surface area (Å²) in [5, 5.41) is 12.9. The standard InChI is InChI=1S/C13H21F2NO3/c1-9-12(18,6-7-19-9)8-16-11(17)10-2-4-13(14,15)5-3-10/h9-10,18H,2-8H2,1H3,(H,16,17). The first kappa shape index (κ1) is 14.7. The van der Waals surface area contributed by atoms with Crippen molar-refractivity contribution in [3.63, 3.8) is 0 Å². The van der Waals surface area contributed by atoms with E-state index in [0.29, 0.717) is 13.0 Å². The number of amides is 1. The van der Waals surface area contributed by atoms with Crippen LogP contribution in [-0.4, -0.2) is 41.8 Å². The van der Waals surface area contributed by atoms with E-state index < -0.39 is 11.5 Å². The third kappa shape index (κ3) is 3.42. The second-order valence-corrected chi connectivity index (χ2v) is 5.71. The van der Waals surface area contributed by atoms with Crippen LogP contribution in [0.2, 0.25) is 0 Å². The van der Waals surface area contributed by atoms with Gasteiger partial charge in [0.05, 0.1) is 6.10 Å². The predicted octanol–water partition coefficient (Wildman–Crippen LogP) is 1.47. The predicted molar refractivity (Wildman–Crippen MR) is 64.9 cm³/mol. The Morgan fingerprint density at radius 2 is 2.00 bits per heavy atom. The second kappa shape index (κ2) is 5.32. The van der Waals surface area contributed by atoms with Gasteiger partial charge in [0.25, 0.3) is 0 Å². The van der Waals surface area contributed by atoms with Crippen LogP contribution in [0.3, 0.4) is 0 Å². The molecule has 0 aromatic heterocycles. The summed E-state index contributed by atoms with van der Waals surface area (Å²) >= 11 is 0. The number of hydrogen-bond acceptors (Lipinski definition) is 3. The molecular formula is C13H21F2NO3. The molecule has 1 amide bonds. The van der Waals surface area contributed by atoms with E-state index in [9.17, 15) is 18.7 Å². The minimum absolute atomic E-state index is 0.125. The number of nitrogens with one attached hydrogen (secondary N) is 1. The molecule has 2 aliphatic rings. The van der Waals surface area contributed by atoms with E-state index in [4.69, 9.17) is 4.74 Å². The van der Waals surface area contributed by atoms with Crippen molar-refractivity contribution in [1.29, 1.82) is 0 Å². The summed E-state index contributed by atoms with van der Waals surface area (Å²) in [5.74, 6) is -3.22. The second-order valence-electron chi connectivity index (χ2n) is 5.71. The Bertz CT molecular complexity index is 341. The zero-order valence-corrected chi connectivity index (χ0v) is 11.1. The monoisotopic (exact) mass is 277 g/mol. The van der Waals surface area contributed by atoms with E-state index in [2.05, 4.69) is 5.32 Å². The smallest absolute Gasteiger partial charge is 0.248 e. The topological polar surface area (TPSA) is 58.6 Å². The number of carbonyl (C=O) groups is 1. The highest BCUT2D eigenvalue weighted by Crippen LogP contribution is 2.36. The van der Waals surface area contributed by atoms with Gasteiger partial charge in [0, 0.05) is 38.3 Å². The van der Waals surface area contributed by atoms with Crippen LogP contribution >= 0.6 is 0 Å². The average Bonchev–Trinajstić information content (AvgIpc) is 2.67. The Hall–Kier alpha value is -0.750. The normalized spacial score (nSPS) is 35.3. The van der Waals surface area contributed by atoms with Crippen molar-refractivity contribution in [3.05, 3.63) is 0 Å². The number of aliphatic hydroxyl groups is 1. The molecule has 2 fully saturated rings. The zero-order chi connectivity index (χ0) is 14.1. The Morgan fingerprint density at radius 1 is 1.37 bits per heavy atom. The average molecular weight is 277 g/mol. The molecule has 2 atom stereocenters. The van der Waals surface area contributed by atoms with Gasteiger partial charge >= 0.3 is 0 Å². The maximum atomic E-state index is 13.0. The number of alkyl halides is 2. The molecule has 0 aromatic rings. The first-order valence-corrected chi connectivity index (χ1v) is 6.82. The Kier molecular flexibility index (Phi) is 4.11. The third-order valence-electron chi connectivity index (χ3n) is 4.32. The molecule has 1 heterocycles. The van der Waals surface area contributed by atoms with Gasteiger partial charge in [0.1, 0.15) is 5.60 Å². The zero-order valence-electron chi connectivity index (χ0n) is 11.1. The van der Waals surface area contributed by atoms with Crippen molar-refractivity contribution < 1.29 is 23.4 Å². The molecular weight excluding hydrogens is 256 g/mol. The van der Waals surface area contributed by atoms with Gasteiger partial charge in [-0.1, -0.05) is 0 Å². The number of carbonyl (C=O) groups excluding carboxylic acids is 1. The molecule has 19 heavy (non-hydrogen) atoms. The van der Waals surface area contributed by atoms with Crippen molar-refractivity contribution in [2.45, 2.75) is 56.7 Å².